The Balaban J connectivity index is 1.69. The standard InChI is InChI=1S/C22H18Cl2N2O2/c1-15-4-2-6-17(10-15)22(27)26-25-13-18-12-20(24)8-9-21(18)28-14-16-5-3-7-19(23)11-16/h2-13H,14H2,1H3,(H,26,27)/b25-13+. The Bertz CT molecular complexity index is 1020. The first-order valence-corrected chi connectivity index (χ1v) is 9.34. The molecule has 142 valence electrons. The van der Waals surface area contributed by atoms with Crippen LogP contribution in [-0.4, -0.2) is 12.1 Å². The van der Waals surface area contributed by atoms with E-state index in [0.29, 0.717) is 33.5 Å². The van der Waals surface area contributed by atoms with Crippen LogP contribution in [0.5, 0.6) is 5.75 Å². The van der Waals surface area contributed by atoms with Crippen molar-refractivity contribution >= 4 is 35.3 Å². The number of benzene rings is 3. The molecule has 0 heterocycles. The minimum absolute atomic E-state index is 0.289. The van der Waals surface area contributed by atoms with E-state index in [1.807, 2.05) is 43.3 Å². The lowest BCUT2D eigenvalue weighted by Gasteiger charge is -2.10. The van der Waals surface area contributed by atoms with Gasteiger partial charge < -0.3 is 4.74 Å². The fourth-order valence-corrected chi connectivity index (χ4v) is 2.94. The van der Waals surface area contributed by atoms with Crippen molar-refractivity contribution in [1.82, 2.24) is 5.43 Å². The van der Waals surface area contributed by atoms with E-state index < -0.39 is 0 Å². The Morgan fingerprint density at radius 3 is 2.61 bits per heavy atom. The molecule has 0 spiro atoms. The summed E-state index contributed by atoms with van der Waals surface area (Å²) in [5, 5.41) is 5.23. The average Bonchev–Trinajstić information content (AvgIpc) is 2.67. The Morgan fingerprint density at radius 2 is 1.82 bits per heavy atom. The van der Waals surface area contributed by atoms with Crippen molar-refractivity contribution < 1.29 is 9.53 Å². The van der Waals surface area contributed by atoms with Crippen molar-refractivity contribution in [3.63, 3.8) is 0 Å². The van der Waals surface area contributed by atoms with Gasteiger partial charge in [-0.3, -0.25) is 4.79 Å². The molecule has 0 fully saturated rings. The third kappa shape index (κ3) is 5.59. The highest BCUT2D eigenvalue weighted by Gasteiger charge is 2.06. The summed E-state index contributed by atoms with van der Waals surface area (Å²) in [5.74, 6) is 0.307. The Morgan fingerprint density at radius 1 is 1.04 bits per heavy atom. The average molecular weight is 413 g/mol. The number of carbonyl (C=O) groups excluding carboxylic acids is 1. The van der Waals surface area contributed by atoms with E-state index in [-0.39, 0.29) is 5.91 Å². The van der Waals surface area contributed by atoms with E-state index in [1.165, 1.54) is 6.21 Å². The van der Waals surface area contributed by atoms with Gasteiger partial charge in [-0.1, -0.05) is 53.0 Å². The van der Waals surface area contributed by atoms with E-state index in [9.17, 15) is 4.79 Å². The minimum Gasteiger partial charge on any atom is -0.488 e. The molecule has 0 saturated carbocycles. The van der Waals surface area contributed by atoms with Gasteiger partial charge in [-0.15, -0.1) is 0 Å². The molecule has 0 aliphatic rings. The number of hydrogen-bond donors (Lipinski definition) is 1. The number of amides is 1. The van der Waals surface area contributed by atoms with Gasteiger partial charge in [0.15, 0.2) is 0 Å². The fourth-order valence-electron chi connectivity index (χ4n) is 2.55. The third-order valence-corrected chi connectivity index (χ3v) is 4.38. The molecule has 3 rings (SSSR count). The van der Waals surface area contributed by atoms with Crippen LogP contribution in [0.4, 0.5) is 0 Å². The number of hydrogen-bond acceptors (Lipinski definition) is 3. The zero-order valence-corrected chi connectivity index (χ0v) is 16.7. The third-order valence-electron chi connectivity index (χ3n) is 3.91. The van der Waals surface area contributed by atoms with Gasteiger partial charge in [-0.2, -0.15) is 5.10 Å². The molecule has 0 aromatic heterocycles. The van der Waals surface area contributed by atoms with Gasteiger partial charge in [0.1, 0.15) is 12.4 Å². The number of carbonyl (C=O) groups is 1. The summed E-state index contributed by atoms with van der Waals surface area (Å²) in [6.07, 6.45) is 1.51. The van der Waals surface area contributed by atoms with Gasteiger partial charge in [0, 0.05) is 21.2 Å². The van der Waals surface area contributed by atoms with E-state index in [0.717, 1.165) is 11.1 Å². The zero-order valence-electron chi connectivity index (χ0n) is 15.2. The number of aryl methyl sites for hydroxylation is 1. The second-order valence-electron chi connectivity index (χ2n) is 6.17. The zero-order chi connectivity index (χ0) is 19.9. The Hall–Kier alpha value is -2.82. The smallest absolute Gasteiger partial charge is 0.271 e. The van der Waals surface area contributed by atoms with E-state index in [1.54, 1.807) is 30.3 Å². The summed E-state index contributed by atoms with van der Waals surface area (Å²) in [7, 11) is 0. The maximum Gasteiger partial charge on any atom is 0.271 e. The molecule has 0 aliphatic carbocycles. The van der Waals surface area contributed by atoms with Crippen LogP contribution in [0.2, 0.25) is 10.0 Å². The highest BCUT2D eigenvalue weighted by atomic mass is 35.5. The maximum absolute atomic E-state index is 12.2. The molecule has 0 bridgehead atoms. The minimum atomic E-state index is -0.289. The van der Waals surface area contributed by atoms with Gasteiger partial charge >= 0.3 is 0 Å². The summed E-state index contributed by atoms with van der Waals surface area (Å²) in [4.78, 5) is 12.2. The molecule has 0 atom stereocenters. The predicted octanol–water partition coefficient (Wildman–Crippen LogP) is 5.64. The molecule has 0 saturated heterocycles. The first kappa shape index (κ1) is 19.9. The second kappa shape index (κ2) is 9.40. The molecular weight excluding hydrogens is 395 g/mol. The van der Waals surface area contributed by atoms with Crippen LogP contribution in [0.25, 0.3) is 0 Å². The van der Waals surface area contributed by atoms with Crippen molar-refractivity contribution in [2.45, 2.75) is 13.5 Å². The molecule has 28 heavy (non-hydrogen) atoms. The van der Waals surface area contributed by atoms with E-state index in [4.69, 9.17) is 27.9 Å². The first-order valence-electron chi connectivity index (χ1n) is 8.58. The summed E-state index contributed by atoms with van der Waals surface area (Å²) in [5.41, 5.74) is 5.66. The van der Waals surface area contributed by atoms with Gasteiger partial charge in [0.2, 0.25) is 0 Å². The molecule has 3 aromatic carbocycles. The molecule has 6 heteroatoms. The van der Waals surface area contributed by atoms with Crippen molar-refractivity contribution in [2.75, 3.05) is 0 Å². The second-order valence-corrected chi connectivity index (χ2v) is 7.04. The van der Waals surface area contributed by atoms with Crippen LogP contribution in [0.3, 0.4) is 0 Å². The summed E-state index contributed by atoms with van der Waals surface area (Å²) >= 11 is 12.1. The molecular formula is C22H18Cl2N2O2. The van der Waals surface area contributed by atoms with E-state index in [2.05, 4.69) is 10.5 Å². The van der Waals surface area contributed by atoms with Crippen LogP contribution in [-0.2, 0) is 6.61 Å². The number of nitrogens with one attached hydrogen (secondary N) is 1. The van der Waals surface area contributed by atoms with Gasteiger partial charge in [0.05, 0.1) is 6.21 Å². The molecule has 3 aromatic rings. The lowest BCUT2D eigenvalue weighted by Crippen LogP contribution is -2.17. The normalized spacial score (nSPS) is 10.8. The molecule has 0 aliphatic heterocycles. The quantitative estimate of drug-likeness (QED) is 0.420. The van der Waals surface area contributed by atoms with Crippen LogP contribution < -0.4 is 10.2 Å². The summed E-state index contributed by atoms with van der Waals surface area (Å²) in [6.45, 7) is 2.27. The maximum atomic E-state index is 12.2. The van der Waals surface area contributed by atoms with Crippen LogP contribution in [0, 0.1) is 6.92 Å². The highest BCUT2D eigenvalue weighted by Crippen LogP contribution is 2.23. The summed E-state index contributed by atoms with van der Waals surface area (Å²) < 4.78 is 5.87. The van der Waals surface area contributed by atoms with Crippen molar-refractivity contribution in [1.29, 1.82) is 0 Å². The Labute approximate surface area is 173 Å². The van der Waals surface area contributed by atoms with E-state index >= 15 is 0 Å². The molecule has 1 N–H and O–H groups in total. The molecule has 4 nitrogen and oxygen atoms in total. The predicted molar refractivity (Wildman–Crippen MR) is 113 cm³/mol. The van der Waals surface area contributed by atoms with Gasteiger partial charge in [-0.25, -0.2) is 5.43 Å². The number of ether oxygens (including phenoxy) is 1. The lowest BCUT2D eigenvalue weighted by molar-refractivity contribution is 0.0955. The monoisotopic (exact) mass is 412 g/mol. The van der Waals surface area contributed by atoms with Crippen LogP contribution in [0.1, 0.15) is 27.0 Å². The number of halogens is 2. The van der Waals surface area contributed by atoms with Crippen molar-refractivity contribution in [3.05, 3.63) is 99.0 Å². The van der Waals surface area contributed by atoms with Gasteiger partial charge in [0.25, 0.3) is 5.91 Å². The Kier molecular flexibility index (Phi) is 6.69. The number of rotatable bonds is 6. The van der Waals surface area contributed by atoms with Crippen molar-refractivity contribution in [2.24, 2.45) is 5.10 Å². The highest BCUT2D eigenvalue weighted by molar-refractivity contribution is 6.31. The van der Waals surface area contributed by atoms with Gasteiger partial charge in [-0.05, 0) is 55.0 Å². The molecule has 1 amide bonds. The number of nitrogens with zero attached hydrogens (tertiary/aromatic N) is 1. The van der Waals surface area contributed by atoms with Crippen LogP contribution in [0.15, 0.2) is 71.8 Å². The number of hydrazone groups is 1. The lowest BCUT2D eigenvalue weighted by atomic mass is 10.1. The SMILES string of the molecule is Cc1cccc(C(=O)N/N=C/c2cc(Cl)ccc2OCc2cccc(Cl)c2)c1. The molecule has 0 radical (unpaired) electrons. The fraction of sp³-hybridized carbons (Fsp3) is 0.0909. The van der Waals surface area contributed by atoms with Crippen LogP contribution >= 0.6 is 23.2 Å². The largest absolute Gasteiger partial charge is 0.488 e. The topological polar surface area (TPSA) is 50.7 Å². The molecule has 0 unspecified atom stereocenters. The first-order chi connectivity index (χ1) is 13.5. The summed E-state index contributed by atoms with van der Waals surface area (Å²) in [6, 6.07) is 19.9. The van der Waals surface area contributed by atoms with Crippen molar-refractivity contribution in [3.8, 4) is 5.75 Å².